The number of hydrogen-bond acceptors (Lipinski definition) is 2. The van der Waals surface area contributed by atoms with Gasteiger partial charge in [0.25, 0.3) is 0 Å². The molecule has 0 bridgehead atoms. The van der Waals surface area contributed by atoms with Gasteiger partial charge in [-0.25, -0.2) is 9.18 Å². The van der Waals surface area contributed by atoms with E-state index in [-0.39, 0.29) is 11.8 Å². The van der Waals surface area contributed by atoms with Crippen LogP contribution < -0.4 is 5.32 Å². The summed E-state index contributed by atoms with van der Waals surface area (Å²) in [5, 5.41) is 11.8. The lowest BCUT2D eigenvalue weighted by Crippen LogP contribution is -2.33. The maximum atomic E-state index is 13.0. The number of nitrogens with zero attached hydrogens (tertiary/aromatic N) is 1. The zero-order valence-corrected chi connectivity index (χ0v) is 11.9. The Hall–Kier alpha value is -1.14. The van der Waals surface area contributed by atoms with Gasteiger partial charge in [-0.15, -0.1) is 0 Å². The first-order valence-corrected chi connectivity index (χ1v) is 6.34. The van der Waals surface area contributed by atoms with Crippen molar-refractivity contribution in [2.75, 3.05) is 18.9 Å². The number of nitrogens with one attached hydrogen (secondary N) is 1. The van der Waals surface area contributed by atoms with Crippen molar-refractivity contribution in [2.45, 2.75) is 19.4 Å². The molecule has 0 spiro atoms. The minimum atomic E-state index is -0.444. The fourth-order valence-corrected chi connectivity index (χ4v) is 1.65. The molecule has 0 aliphatic rings. The summed E-state index contributed by atoms with van der Waals surface area (Å²) < 4.78 is 13.3. The highest BCUT2D eigenvalue weighted by molar-refractivity contribution is 9.10. The summed E-state index contributed by atoms with van der Waals surface area (Å²) in [6.45, 7) is 2.12. The van der Waals surface area contributed by atoms with Crippen LogP contribution in [0.1, 0.15) is 13.3 Å². The molecule has 0 heterocycles. The number of carbonyl (C=O) groups excluding carboxylic acids is 1. The van der Waals surface area contributed by atoms with E-state index >= 15 is 0 Å². The number of rotatable bonds is 4. The molecule has 4 nitrogen and oxygen atoms in total. The second-order valence-electron chi connectivity index (χ2n) is 4.12. The first kappa shape index (κ1) is 14.9. The van der Waals surface area contributed by atoms with E-state index in [4.69, 9.17) is 5.11 Å². The third-order valence-corrected chi connectivity index (χ3v) is 3.01. The van der Waals surface area contributed by atoms with Gasteiger partial charge in [-0.2, -0.15) is 0 Å². The summed E-state index contributed by atoms with van der Waals surface area (Å²) >= 11 is 3.05. The quantitative estimate of drug-likeness (QED) is 0.897. The molecule has 2 amide bonds. The van der Waals surface area contributed by atoms with Crippen molar-refractivity contribution < 1.29 is 14.3 Å². The highest BCUT2D eigenvalue weighted by Crippen LogP contribution is 2.20. The van der Waals surface area contributed by atoms with Gasteiger partial charge in [0, 0.05) is 19.3 Å². The number of anilines is 1. The Morgan fingerprint density at radius 3 is 2.83 bits per heavy atom. The fourth-order valence-electron chi connectivity index (χ4n) is 1.27. The molecule has 2 N–H and O–H groups in total. The Morgan fingerprint density at radius 1 is 1.61 bits per heavy atom. The first-order valence-electron chi connectivity index (χ1n) is 5.55. The summed E-state index contributed by atoms with van der Waals surface area (Å²) in [6, 6.07) is 3.96. The average Bonchev–Trinajstić information content (AvgIpc) is 2.30. The smallest absolute Gasteiger partial charge is 0.321 e. The van der Waals surface area contributed by atoms with Crippen molar-refractivity contribution in [1.82, 2.24) is 4.90 Å². The van der Waals surface area contributed by atoms with Gasteiger partial charge in [-0.05, 0) is 47.5 Å². The van der Waals surface area contributed by atoms with E-state index in [1.54, 1.807) is 14.0 Å². The van der Waals surface area contributed by atoms with E-state index in [0.29, 0.717) is 23.1 Å². The van der Waals surface area contributed by atoms with Crippen molar-refractivity contribution in [2.24, 2.45) is 0 Å². The van der Waals surface area contributed by atoms with Crippen LogP contribution in [0.15, 0.2) is 22.7 Å². The van der Waals surface area contributed by atoms with Crippen LogP contribution >= 0.6 is 15.9 Å². The van der Waals surface area contributed by atoms with Crippen LogP contribution in [-0.2, 0) is 0 Å². The standard InChI is InChI=1S/C12H16BrFN2O2/c1-8(17)5-6-16(2)12(18)15-9-3-4-11(14)10(13)7-9/h3-4,7-8,17H,5-6H2,1-2H3,(H,15,18). The molecular weight excluding hydrogens is 303 g/mol. The number of amides is 2. The third kappa shape index (κ3) is 4.62. The molecule has 6 heteroatoms. The molecule has 0 saturated carbocycles. The molecule has 1 aromatic rings. The topological polar surface area (TPSA) is 52.6 Å². The molecule has 0 fully saturated rings. The molecule has 0 aromatic heterocycles. The van der Waals surface area contributed by atoms with Gasteiger partial charge in [-0.3, -0.25) is 0 Å². The van der Waals surface area contributed by atoms with Gasteiger partial charge in [0.15, 0.2) is 0 Å². The largest absolute Gasteiger partial charge is 0.393 e. The van der Waals surface area contributed by atoms with Gasteiger partial charge >= 0.3 is 6.03 Å². The molecule has 1 unspecified atom stereocenters. The normalized spacial score (nSPS) is 12.1. The number of urea groups is 1. The number of aliphatic hydroxyl groups is 1. The van der Waals surface area contributed by atoms with Crippen LogP contribution in [0.5, 0.6) is 0 Å². The molecule has 18 heavy (non-hydrogen) atoms. The second kappa shape index (κ2) is 6.70. The van der Waals surface area contributed by atoms with Gasteiger partial charge < -0.3 is 15.3 Å². The zero-order valence-electron chi connectivity index (χ0n) is 10.3. The number of aliphatic hydroxyl groups excluding tert-OH is 1. The average molecular weight is 319 g/mol. The minimum absolute atomic E-state index is 0.297. The van der Waals surface area contributed by atoms with E-state index < -0.39 is 6.10 Å². The first-order chi connectivity index (χ1) is 8.40. The highest BCUT2D eigenvalue weighted by atomic mass is 79.9. The lowest BCUT2D eigenvalue weighted by atomic mass is 10.3. The SMILES string of the molecule is CC(O)CCN(C)C(=O)Nc1ccc(F)c(Br)c1. The van der Waals surface area contributed by atoms with Crippen LogP contribution in [0.2, 0.25) is 0 Å². The highest BCUT2D eigenvalue weighted by Gasteiger charge is 2.10. The van der Waals surface area contributed by atoms with Crippen molar-refractivity contribution in [1.29, 1.82) is 0 Å². The van der Waals surface area contributed by atoms with E-state index in [9.17, 15) is 9.18 Å². The van der Waals surface area contributed by atoms with Crippen molar-refractivity contribution in [3.05, 3.63) is 28.5 Å². The van der Waals surface area contributed by atoms with Gasteiger partial charge in [-0.1, -0.05) is 0 Å². The molecule has 0 saturated heterocycles. The summed E-state index contributed by atoms with van der Waals surface area (Å²) in [5.41, 5.74) is 0.511. The minimum Gasteiger partial charge on any atom is -0.393 e. The van der Waals surface area contributed by atoms with Crippen molar-refractivity contribution in [3.8, 4) is 0 Å². The zero-order chi connectivity index (χ0) is 13.7. The Labute approximate surface area is 114 Å². The summed E-state index contributed by atoms with van der Waals surface area (Å²) in [5.74, 6) is -0.379. The van der Waals surface area contributed by atoms with E-state index in [2.05, 4.69) is 21.2 Å². The Bertz CT molecular complexity index is 427. The molecule has 100 valence electrons. The van der Waals surface area contributed by atoms with Gasteiger partial charge in [0.2, 0.25) is 0 Å². The molecule has 0 aliphatic carbocycles. The number of hydrogen-bond donors (Lipinski definition) is 2. The molecular formula is C12H16BrFN2O2. The molecule has 1 rings (SSSR count). The van der Waals surface area contributed by atoms with Gasteiger partial charge in [0.1, 0.15) is 5.82 Å². The monoisotopic (exact) mass is 318 g/mol. The van der Waals surface area contributed by atoms with Gasteiger partial charge in [0.05, 0.1) is 10.6 Å². The number of halogens is 2. The van der Waals surface area contributed by atoms with Crippen LogP contribution in [0.4, 0.5) is 14.9 Å². The molecule has 0 aliphatic heterocycles. The maximum absolute atomic E-state index is 13.0. The van der Waals surface area contributed by atoms with Crippen molar-refractivity contribution >= 4 is 27.6 Å². The number of carbonyl (C=O) groups is 1. The van der Waals surface area contributed by atoms with Crippen LogP contribution in [0, 0.1) is 5.82 Å². The molecule has 0 radical (unpaired) electrons. The Morgan fingerprint density at radius 2 is 2.28 bits per heavy atom. The summed E-state index contributed by atoms with van der Waals surface area (Å²) in [6.07, 6.45) is 0.0667. The van der Waals surface area contributed by atoms with E-state index in [0.717, 1.165) is 0 Å². The Kier molecular flexibility index (Phi) is 5.55. The predicted octanol–water partition coefficient (Wildman–Crippen LogP) is 2.82. The lowest BCUT2D eigenvalue weighted by molar-refractivity contribution is 0.167. The fraction of sp³-hybridized carbons (Fsp3) is 0.417. The second-order valence-corrected chi connectivity index (χ2v) is 4.97. The van der Waals surface area contributed by atoms with Crippen molar-refractivity contribution in [3.63, 3.8) is 0 Å². The summed E-state index contributed by atoms with van der Waals surface area (Å²) in [4.78, 5) is 13.2. The van der Waals surface area contributed by atoms with E-state index in [1.807, 2.05) is 0 Å². The summed E-state index contributed by atoms with van der Waals surface area (Å²) in [7, 11) is 1.64. The van der Waals surface area contributed by atoms with Crippen LogP contribution in [0.3, 0.4) is 0 Å². The molecule has 1 aromatic carbocycles. The number of benzene rings is 1. The third-order valence-electron chi connectivity index (χ3n) is 2.40. The van der Waals surface area contributed by atoms with Crippen LogP contribution in [-0.4, -0.2) is 35.7 Å². The van der Waals surface area contributed by atoms with Crippen LogP contribution in [0.25, 0.3) is 0 Å². The predicted molar refractivity (Wildman–Crippen MR) is 72.0 cm³/mol. The Balaban J connectivity index is 2.55. The molecule has 1 atom stereocenters. The van der Waals surface area contributed by atoms with E-state index in [1.165, 1.54) is 23.1 Å². The lowest BCUT2D eigenvalue weighted by Gasteiger charge is -2.18. The maximum Gasteiger partial charge on any atom is 0.321 e.